The van der Waals surface area contributed by atoms with Crippen LogP contribution in [0.2, 0.25) is 0 Å². The summed E-state index contributed by atoms with van der Waals surface area (Å²) in [5.41, 5.74) is 10.6. The topological polar surface area (TPSA) is 231 Å². The number of hydrogen-bond acceptors (Lipinski definition) is 8. The summed E-state index contributed by atoms with van der Waals surface area (Å²) < 4.78 is 0. The summed E-state index contributed by atoms with van der Waals surface area (Å²) in [6, 6.07) is -4.98. The predicted octanol–water partition coefficient (Wildman–Crippen LogP) is -3.07. The van der Waals surface area contributed by atoms with E-state index in [1.165, 1.54) is 6.92 Å². The van der Waals surface area contributed by atoms with Crippen molar-refractivity contribution in [2.24, 2.45) is 11.5 Å². The van der Waals surface area contributed by atoms with Crippen LogP contribution in [0.15, 0.2) is 0 Å². The van der Waals surface area contributed by atoms with Gasteiger partial charge in [0.15, 0.2) is 0 Å². The van der Waals surface area contributed by atoms with Crippen molar-refractivity contribution in [2.45, 2.75) is 56.8 Å². The van der Waals surface area contributed by atoms with Gasteiger partial charge in [-0.3, -0.25) is 28.8 Å². The molecule has 4 unspecified atom stereocenters. The second kappa shape index (κ2) is 13.4. The first kappa shape index (κ1) is 27.1. The fraction of sp³-hybridized carbons (Fsp3) is 0.625. The quantitative estimate of drug-likeness (QED) is 0.126. The van der Waals surface area contributed by atoms with Crippen molar-refractivity contribution in [3.05, 3.63) is 0 Å². The third kappa shape index (κ3) is 10.6. The molecule has 0 aromatic carbocycles. The van der Waals surface area contributed by atoms with Gasteiger partial charge in [-0.05, 0) is 19.8 Å². The largest absolute Gasteiger partial charge is 0.481 e. The molecule has 0 aliphatic heterocycles. The van der Waals surface area contributed by atoms with Crippen LogP contribution < -0.4 is 27.4 Å². The number of hydrogen-bond donors (Lipinski definition) is 8. The molecule has 14 heteroatoms. The molecule has 0 aromatic heterocycles. The lowest BCUT2D eigenvalue weighted by molar-refractivity contribution is -0.141. The van der Waals surface area contributed by atoms with Gasteiger partial charge in [-0.1, -0.05) is 0 Å². The highest BCUT2D eigenvalue weighted by molar-refractivity contribution is 7.80. The Morgan fingerprint density at radius 3 is 1.87 bits per heavy atom. The molecule has 4 atom stereocenters. The maximum absolute atomic E-state index is 12.5. The molecule has 0 bridgehead atoms. The number of nitrogens with two attached hydrogens (primary N) is 2. The lowest BCUT2D eigenvalue weighted by atomic mass is 10.1. The first-order valence-electron chi connectivity index (χ1n) is 8.89. The summed E-state index contributed by atoms with van der Waals surface area (Å²) in [6.07, 6.45) is -1.02. The van der Waals surface area contributed by atoms with E-state index in [4.69, 9.17) is 21.7 Å². The van der Waals surface area contributed by atoms with E-state index < -0.39 is 66.2 Å². The first-order chi connectivity index (χ1) is 13.9. The molecule has 13 nitrogen and oxygen atoms in total. The monoisotopic (exact) mass is 449 g/mol. The molecule has 0 rings (SSSR count). The highest BCUT2D eigenvalue weighted by Gasteiger charge is 2.29. The number of nitrogens with one attached hydrogen (secondary N) is 3. The SMILES string of the molecule is CC(NC(=O)C(CS)NC(=O)C(CCC(=O)O)NC(=O)C(N)CCC(N)=O)C(=O)O. The average molecular weight is 449 g/mol. The van der Waals surface area contributed by atoms with Crippen molar-refractivity contribution in [1.82, 2.24) is 16.0 Å². The molecule has 0 aromatic rings. The molecule has 30 heavy (non-hydrogen) atoms. The number of rotatable bonds is 14. The van der Waals surface area contributed by atoms with Crippen LogP contribution in [0.3, 0.4) is 0 Å². The highest BCUT2D eigenvalue weighted by Crippen LogP contribution is 2.03. The first-order valence-corrected chi connectivity index (χ1v) is 9.52. The number of primary amides is 1. The minimum absolute atomic E-state index is 0.0802. The van der Waals surface area contributed by atoms with Crippen molar-refractivity contribution in [2.75, 3.05) is 5.75 Å². The maximum atomic E-state index is 12.5. The molecule has 0 fully saturated rings. The van der Waals surface area contributed by atoms with E-state index in [1.54, 1.807) is 0 Å². The van der Waals surface area contributed by atoms with Crippen molar-refractivity contribution < 1.29 is 39.0 Å². The number of aliphatic carboxylic acids is 2. The fourth-order valence-electron chi connectivity index (χ4n) is 2.09. The Labute approximate surface area is 177 Å². The molecule has 4 amide bonds. The second-order valence-corrected chi connectivity index (χ2v) is 6.78. The third-order valence-electron chi connectivity index (χ3n) is 3.86. The van der Waals surface area contributed by atoms with E-state index in [-0.39, 0.29) is 25.0 Å². The van der Waals surface area contributed by atoms with E-state index in [1.807, 2.05) is 0 Å². The van der Waals surface area contributed by atoms with Crippen molar-refractivity contribution in [1.29, 1.82) is 0 Å². The van der Waals surface area contributed by atoms with E-state index in [2.05, 4.69) is 28.6 Å². The van der Waals surface area contributed by atoms with Crippen LogP contribution in [-0.2, 0) is 28.8 Å². The molecule has 0 heterocycles. The fourth-order valence-corrected chi connectivity index (χ4v) is 2.34. The van der Waals surface area contributed by atoms with Crippen LogP contribution in [0.25, 0.3) is 0 Å². The second-order valence-electron chi connectivity index (χ2n) is 6.42. The molecule has 0 aliphatic carbocycles. The van der Waals surface area contributed by atoms with Crippen molar-refractivity contribution in [3.63, 3.8) is 0 Å². The van der Waals surface area contributed by atoms with Gasteiger partial charge in [0.1, 0.15) is 18.1 Å². The smallest absolute Gasteiger partial charge is 0.325 e. The Bertz CT molecular complexity index is 674. The molecule has 0 radical (unpaired) electrons. The number of carboxylic acids is 2. The molecular formula is C16H27N5O8S. The predicted molar refractivity (Wildman–Crippen MR) is 106 cm³/mol. The van der Waals surface area contributed by atoms with Crippen LogP contribution in [0.4, 0.5) is 0 Å². The summed E-state index contributed by atoms with van der Waals surface area (Å²) in [7, 11) is 0. The van der Waals surface area contributed by atoms with Crippen LogP contribution in [0.1, 0.15) is 32.6 Å². The van der Waals surface area contributed by atoms with Crippen LogP contribution in [-0.4, -0.2) is 75.7 Å². The van der Waals surface area contributed by atoms with E-state index >= 15 is 0 Å². The van der Waals surface area contributed by atoms with Gasteiger partial charge in [0.2, 0.25) is 23.6 Å². The zero-order chi connectivity index (χ0) is 23.4. The van der Waals surface area contributed by atoms with Crippen molar-refractivity contribution in [3.8, 4) is 0 Å². The number of carboxylic acid groups (broad SMARTS) is 2. The van der Waals surface area contributed by atoms with Crippen molar-refractivity contribution >= 4 is 48.2 Å². The molecule has 170 valence electrons. The Morgan fingerprint density at radius 1 is 0.867 bits per heavy atom. The van der Waals surface area contributed by atoms with Gasteiger partial charge in [-0.2, -0.15) is 12.6 Å². The molecule has 0 spiro atoms. The Morgan fingerprint density at radius 2 is 1.40 bits per heavy atom. The van der Waals surface area contributed by atoms with Gasteiger partial charge in [-0.15, -0.1) is 0 Å². The van der Waals surface area contributed by atoms with Gasteiger partial charge in [0.25, 0.3) is 0 Å². The zero-order valence-corrected chi connectivity index (χ0v) is 17.2. The number of carbonyl (C=O) groups excluding carboxylic acids is 4. The van der Waals surface area contributed by atoms with E-state index in [0.29, 0.717) is 0 Å². The van der Waals surface area contributed by atoms with Crippen LogP contribution in [0.5, 0.6) is 0 Å². The number of amides is 4. The van der Waals surface area contributed by atoms with Gasteiger partial charge in [-0.25, -0.2) is 0 Å². The van der Waals surface area contributed by atoms with Gasteiger partial charge >= 0.3 is 11.9 Å². The molecule has 0 saturated heterocycles. The van der Waals surface area contributed by atoms with Crippen LogP contribution in [0, 0.1) is 0 Å². The minimum Gasteiger partial charge on any atom is -0.481 e. The summed E-state index contributed by atoms with van der Waals surface area (Å²) >= 11 is 3.94. The maximum Gasteiger partial charge on any atom is 0.325 e. The lowest BCUT2D eigenvalue weighted by Gasteiger charge is -2.23. The number of thiol groups is 1. The zero-order valence-electron chi connectivity index (χ0n) is 16.3. The highest BCUT2D eigenvalue weighted by atomic mass is 32.1. The van der Waals surface area contributed by atoms with Gasteiger partial charge in [0, 0.05) is 18.6 Å². The third-order valence-corrected chi connectivity index (χ3v) is 4.23. The molecule has 0 saturated carbocycles. The Kier molecular flexibility index (Phi) is 12.1. The van der Waals surface area contributed by atoms with E-state index in [0.717, 1.165) is 0 Å². The van der Waals surface area contributed by atoms with Gasteiger partial charge < -0.3 is 37.6 Å². The summed E-state index contributed by atoms with van der Waals surface area (Å²) in [5.74, 6) is -5.90. The molecule has 0 aliphatic rings. The minimum atomic E-state index is -1.35. The normalized spacial score (nSPS) is 14.5. The standard InChI is InChI=1S/C16H27N5O8S/c1-7(16(28)29)19-15(27)10(6-30)21-14(26)9(3-5-12(23)24)20-13(25)8(17)2-4-11(18)22/h7-10,30H,2-6,17H2,1H3,(H2,18,22)(H,19,27)(H,20,25)(H,21,26)(H,23,24)(H,28,29). The summed E-state index contributed by atoms with van der Waals surface area (Å²) in [4.78, 5) is 69.2. The van der Waals surface area contributed by atoms with Crippen LogP contribution >= 0.6 is 12.6 Å². The molecular weight excluding hydrogens is 422 g/mol. The average Bonchev–Trinajstić information content (AvgIpc) is 2.66. The van der Waals surface area contributed by atoms with Gasteiger partial charge in [0.05, 0.1) is 6.04 Å². The lowest BCUT2D eigenvalue weighted by Crippen LogP contribution is -2.57. The molecule has 9 N–H and O–H groups in total. The summed E-state index contributed by atoms with van der Waals surface area (Å²) in [5, 5.41) is 24.4. The Hall–Kier alpha value is -2.87. The number of carbonyl (C=O) groups is 6. The Balaban J connectivity index is 5.16. The summed E-state index contributed by atoms with van der Waals surface area (Å²) in [6.45, 7) is 1.22. The van der Waals surface area contributed by atoms with E-state index in [9.17, 15) is 28.8 Å².